The Balaban J connectivity index is 0.864. The van der Waals surface area contributed by atoms with Gasteiger partial charge in [-0.1, -0.05) is 291 Å². The minimum absolute atomic E-state index is 0.0712. The molecule has 3 fully saturated rings. The molecule has 0 spiro atoms. The number of ether oxygens (including phenoxy) is 1. The molecule has 8 unspecified atom stereocenters. The molecule has 0 aromatic carbocycles. The highest BCUT2D eigenvalue weighted by Crippen LogP contribution is 2.67. The van der Waals surface area contributed by atoms with Crippen molar-refractivity contribution in [3.8, 4) is 0 Å². The number of carbonyl (C=O) groups is 1. The van der Waals surface area contributed by atoms with Crippen LogP contribution in [0.5, 0.6) is 0 Å². The molecule has 8 atom stereocenters. The van der Waals surface area contributed by atoms with Gasteiger partial charge in [-0.25, -0.2) is 0 Å². The number of fused-ring (bicyclic) bond motifs is 5. The predicted molar refractivity (Wildman–Crippen MR) is 295 cm³/mol. The summed E-state index contributed by atoms with van der Waals surface area (Å²) in [4.78, 5) is 13.0. The lowest BCUT2D eigenvalue weighted by atomic mass is 9.47. The maximum absolute atomic E-state index is 13.0. The highest BCUT2D eigenvalue weighted by Gasteiger charge is 2.59. The second-order valence-electron chi connectivity index (χ2n) is 25.4. The van der Waals surface area contributed by atoms with Crippen LogP contribution in [0.25, 0.3) is 0 Å². The molecule has 392 valence electrons. The van der Waals surface area contributed by atoms with Crippen molar-refractivity contribution in [2.75, 3.05) is 0 Å². The Morgan fingerprint density at radius 2 is 0.955 bits per heavy atom. The SMILES string of the molecule is CCCCCCCCCCCCCCCCCCCCCCCCCCCCCCCCCCCCCC(=O)OC1CCC2(C)C(=CCC3C2CCC2(C)C(C(C)CCCC(C)C)CCC32)C1. The van der Waals surface area contributed by atoms with Crippen LogP contribution in [0.2, 0.25) is 0 Å². The fraction of sp³-hybridized carbons (Fsp3) is 0.954. The van der Waals surface area contributed by atoms with Crippen LogP contribution in [-0.2, 0) is 9.53 Å². The van der Waals surface area contributed by atoms with Gasteiger partial charge in [-0.3, -0.25) is 4.79 Å². The highest BCUT2D eigenvalue weighted by atomic mass is 16.5. The molecular weight excluding hydrogens is 813 g/mol. The second-order valence-corrected chi connectivity index (χ2v) is 25.4. The Kier molecular flexibility index (Phi) is 31.0. The van der Waals surface area contributed by atoms with Gasteiger partial charge in [-0.2, -0.15) is 0 Å². The Morgan fingerprint density at radius 1 is 0.522 bits per heavy atom. The van der Waals surface area contributed by atoms with Gasteiger partial charge in [-0.05, 0) is 97.7 Å². The van der Waals surface area contributed by atoms with E-state index < -0.39 is 0 Å². The van der Waals surface area contributed by atoms with Crippen molar-refractivity contribution in [1.82, 2.24) is 0 Å². The molecule has 2 heteroatoms. The first-order valence-electron chi connectivity index (χ1n) is 31.6. The smallest absolute Gasteiger partial charge is 0.306 e. The van der Waals surface area contributed by atoms with Crippen molar-refractivity contribution in [2.24, 2.45) is 46.3 Å². The van der Waals surface area contributed by atoms with E-state index >= 15 is 0 Å². The Labute approximate surface area is 421 Å². The monoisotopic (exact) mass is 933 g/mol. The van der Waals surface area contributed by atoms with Crippen LogP contribution in [0.15, 0.2) is 11.6 Å². The quantitative estimate of drug-likeness (QED) is 0.0346. The molecule has 4 aliphatic carbocycles. The summed E-state index contributed by atoms with van der Waals surface area (Å²) in [6.45, 7) is 15.0. The summed E-state index contributed by atoms with van der Waals surface area (Å²) in [6.07, 6.45) is 68.1. The average molecular weight is 934 g/mol. The maximum Gasteiger partial charge on any atom is 0.306 e. The first-order valence-corrected chi connectivity index (χ1v) is 31.6. The molecule has 4 rings (SSSR count). The van der Waals surface area contributed by atoms with E-state index in [0.29, 0.717) is 17.3 Å². The minimum atomic E-state index is 0.0712. The van der Waals surface area contributed by atoms with Crippen molar-refractivity contribution in [1.29, 1.82) is 0 Å². The molecule has 0 saturated heterocycles. The molecule has 0 N–H and O–H groups in total. The molecule has 4 aliphatic rings. The number of unbranched alkanes of at least 4 members (excludes halogenated alkanes) is 34. The zero-order valence-electron chi connectivity index (χ0n) is 46.7. The summed E-state index contributed by atoms with van der Waals surface area (Å²) in [5.74, 6) is 5.34. The van der Waals surface area contributed by atoms with Crippen molar-refractivity contribution in [3.63, 3.8) is 0 Å². The third kappa shape index (κ3) is 22.3. The van der Waals surface area contributed by atoms with Gasteiger partial charge in [0.15, 0.2) is 0 Å². The maximum atomic E-state index is 13.0. The molecule has 2 nitrogen and oxygen atoms in total. The fourth-order valence-electron chi connectivity index (χ4n) is 15.2. The van der Waals surface area contributed by atoms with E-state index in [1.54, 1.807) is 5.57 Å². The number of esters is 1. The molecule has 0 bridgehead atoms. The van der Waals surface area contributed by atoms with Gasteiger partial charge >= 0.3 is 5.97 Å². The molecule has 0 amide bonds. The molecule has 0 heterocycles. The van der Waals surface area contributed by atoms with Gasteiger partial charge in [0.1, 0.15) is 6.10 Å². The normalized spacial score (nSPS) is 26.3. The molecule has 0 aromatic heterocycles. The van der Waals surface area contributed by atoms with Crippen LogP contribution < -0.4 is 0 Å². The van der Waals surface area contributed by atoms with Crippen LogP contribution in [0.3, 0.4) is 0 Å². The van der Waals surface area contributed by atoms with Crippen LogP contribution in [-0.4, -0.2) is 12.1 Å². The van der Waals surface area contributed by atoms with Gasteiger partial charge in [0.2, 0.25) is 0 Å². The van der Waals surface area contributed by atoms with E-state index in [2.05, 4.69) is 47.6 Å². The van der Waals surface area contributed by atoms with Crippen molar-refractivity contribution in [3.05, 3.63) is 11.6 Å². The molecular formula is C65H120O2. The second kappa shape index (κ2) is 35.3. The van der Waals surface area contributed by atoms with Crippen molar-refractivity contribution >= 4 is 5.97 Å². The van der Waals surface area contributed by atoms with Crippen LogP contribution >= 0.6 is 0 Å². The third-order valence-electron chi connectivity index (χ3n) is 19.5. The number of hydrogen-bond donors (Lipinski definition) is 0. The minimum Gasteiger partial charge on any atom is -0.462 e. The topological polar surface area (TPSA) is 26.3 Å². The standard InChI is InChI=1S/C65H120O2/c1-7-8-9-10-11-12-13-14-15-16-17-18-19-20-21-22-23-24-25-26-27-28-29-30-31-32-33-34-35-36-37-38-39-40-41-45-63(66)67-58-50-52-64(5)57(54-58)46-47-59-61-49-48-60(56(4)44-42-43-55(2)3)65(61,6)53-51-62(59)64/h46,55-56,58-62H,7-45,47-54H2,1-6H3. The molecule has 0 radical (unpaired) electrons. The van der Waals surface area contributed by atoms with Gasteiger partial charge in [-0.15, -0.1) is 0 Å². The van der Waals surface area contributed by atoms with Crippen LogP contribution in [0, 0.1) is 46.3 Å². The van der Waals surface area contributed by atoms with Gasteiger partial charge in [0.25, 0.3) is 0 Å². The summed E-state index contributed by atoms with van der Waals surface area (Å²) in [5, 5.41) is 0. The Bertz CT molecular complexity index is 1250. The summed E-state index contributed by atoms with van der Waals surface area (Å²) in [7, 11) is 0. The first-order chi connectivity index (χ1) is 32.7. The van der Waals surface area contributed by atoms with Crippen molar-refractivity contribution in [2.45, 2.75) is 349 Å². The molecule has 0 aliphatic heterocycles. The van der Waals surface area contributed by atoms with E-state index in [1.165, 1.54) is 276 Å². The molecule has 0 aromatic rings. The summed E-state index contributed by atoms with van der Waals surface area (Å²) in [6, 6.07) is 0. The van der Waals surface area contributed by atoms with Gasteiger partial charge < -0.3 is 4.74 Å². The average Bonchev–Trinajstić information content (AvgIpc) is 3.67. The lowest BCUT2D eigenvalue weighted by Crippen LogP contribution is -2.51. The fourth-order valence-corrected chi connectivity index (χ4v) is 15.2. The third-order valence-corrected chi connectivity index (χ3v) is 19.5. The largest absolute Gasteiger partial charge is 0.462 e. The molecule has 3 saturated carbocycles. The lowest BCUT2D eigenvalue weighted by Gasteiger charge is -2.58. The van der Waals surface area contributed by atoms with E-state index in [1.807, 2.05) is 0 Å². The first kappa shape index (κ1) is 58.8. The number of allylic oxidation sites excluding steroid dienone is 1. The summed E-state index contributed by atoms with van der Waals surface area (Å²) < 4.78 is 6.19. The molecule has 67 heavy (non-hydrogen) atoms. The van der Waals surface area contributed by atoms with E-state index in [0.717, 1.165) is 54.8 Å². The zero-order chi connectivity index (χ0) is 47.8. The van der Waals surface area contributed by atoms with Crippen LogP contribution in [0.4, 0.5) is 0 Å². The predicted octanol–water partition coefficient (Wildman–Crippen LogP) is 22.0. The number of rotatable bonds is 42. The van der Waals surface area contributed by atoms with E-state index in [-0.39, 0.29) is 12.1 Å². The lowest BCUT2D eigenvalue weighted by molar-refractivity contribution is -0.151. The van der Waals surface area contributed by atoms with E-state index in [4.69, 9.17) is 4.74 Å². The Morgan fingerprint density at radius 3 is 1.39 bits per heavy atom. The van der Waals surface area contributed by atoms with E-state index in [9.17, 15) is 4.79 Å². The van der Waals surface area contributed by atoms with Crippen molar-refractivity contribution < 1.29 is 9.53 Å². The van der Waals surface area contributed by atoms with Gasteiger partial charge in [0.05, 0.1) is 0 Å². The summed E-state index contributed by atoms with van der Waals surface area (Å²) >= 11 is 0. The summed E-state index contributed by atoms with van der Waals surface area (Å²) in [5.41, 5.74) is 2.54. The number of hydrogen-bond acceptors (Lipinski definition) is 2. The highest BCUT2D eigenvalue weighted by molar-refractivity contribution is 5.69. The number of carbonyl (C=O) groups excluding carboxylic acids is 1. The van der Waals surface area contributed by atoms with Gasteiger partial charge in [0, 0.05) is 12.8 Å². The Hall–Kier alpha value is -0.790. The van der Waals surface area contributed by atoms with Crippen LogP contribution in [0.1, 0.15) is 343 Å². The zero-order valence-corrected chi connectivity index (χ0v) is 46.7.